The highest BCUT2D eigenvalue weighted by molar-refractivity contribution is 5.98. The minimum atomic E-state index is -0.880. The molecule has 2 N–H and O–H groups in total. The van der Waals surface area contributed by atoms with E-state index in [1.165, 1.54) is 0 Å². The Bertz CT molecular complexity index is 1350. The van der Waals surface area contributed by atoms with Crippen molar-refractivity contribution in [2.75, 3.05) is 0 Å². The molecule has 0 aliphatic carbocycles. The molecule has 0 saturated carbocycles. The lowest BCUT2D eigenvalue weighted by Crippen LogP contribution is -2.51. The van der Waals surface area contributed by atoms with Gasteiger partial charge in [0.25, 0.3) is 5.91 Å². The van der Waals surface area contributed by atoms with Gasteiger partial charge < -0.3 is 20.2 Å². The number of hydrogen-bond acceptors (Lipinski definition) is 4. The number of aldehydes is 1. The highest BCUT2D eigenvalue weighted by Crippen LogP contribution is 2.16. The van der Waals surface area contributed by atoms with Gasteiger partial charge in [-0.1, -0.05) is 90.5 Å². The zero-order valence-electron chi connectivity index (χ0n) is 21.9. The van der Waals surface area contributed by atoms with Crippen LogP contribution in [0.5, 0.6) is 5.75 Å². The van der Waals surface area contributed by atoms with Crippen molar-refractivity contribution in [3.05, 3.63) is 137 Å². The molecule has 6 nitrogen and oxygen atoms in total. The van der Waals surface area contributed by atoms with Crippen LogP contribution in [0.1, 0.15) is 32.6 Å². The van der Waals surface area contributed by atoms with Gasteiger partial charge >= 0.3 is 0 Å². The van der Waals surface area contributed by atoms with Crippen LogP contribution < -0.4 is 15.4 Å². The number of nitrogens with one attached hydrogen (secondary N) is 2. The molecule has 2 atom stereocenters. The third-order valence-electron chi connectivity index (χ3n) is 6.34. The van der Waals surface area contributed by atoms with Gasteiger partial charge in [0, 0.05) is 12.0 Å². The van der Waals surface area contributed by atoms with Gasteiger partial charge in [-0.3, -0.25) is 9.59 Å². The Kier molecular flexibility index (Phi) is 9.62. The molecule has 4 aromatic carbocycles. The summed E-state index contributed by atoms with van der Waals surface area (Å²) in [7, 11) is 0. The van der Waals surface area contributed by atoms with Gasteiger partial charge in [0.05, 0.1) is 6.04 Å². The number of rotatable bonds is 12. The lowest BCUT2D eigenvalue weighted by atomic mass is 10.0. The molecule has 4 aromatic rings. The van der Waals surface area contributed by atoms with E-state index in [4.69, 9.17) is 4.74 Å². The summed E-state index contributed by atoms with van der Waals surface area (Å²) >= 11 is 0. The van der Waals surface area contributed by atoms with E-state index in [9.17, 15) is 14.4 Å². The highest BCUT2D eigenvalue weighted by Gasteiger charge is 2.24. The first-order valence-electron chi connectivity index (χ1n) is 12.9. The molecule has 0 unspecified atom stereocenters. The lowest BCUT2D eigenvalue weighted by molar-refractivity contribution is -0.125. The first-order valence-corrected chi connectivity index (χ1v) is 12.9. The van der Waals surface area contributed by atoms with Gasteiger partial charge in [-0.15, -0.1) is 0 Å². The predicted octanol–water partition coefficient (Wildman–Crippen LogP) is 4.84. The van der Waals surface area contributed by atoms with E-state index >= 15 is 0 Å². The predicted molar refractivity (Wildman–Crippen MR) is 151 cm³/mol. The average molecular weight is 521 g/mol. The molecule has 0 aromatic heterocycles. The zero-order valence-corrected chi connectivity index (χ0v) is 21.9. The molecule has 198 valence electrons. The van der Waals surface area contributed by atoms with E-state index in [-0.39, 0.29) is 12.3 Å². The summed E-state index contributed by atoms with van der Waals surface area (Å²) in [6.45, 7) is 2.44. The number of amides is 2. The monoisotopic (exact) mass is 520 g/mol. The Morgan fingerprint density at radius 3 is 1.95 bits per heavy atom. The summed E-state index contributed by atoms with van der Waals surface area (Å²) in [5, 5.41) is 5.66. The Labute approximate surface area is 229 Å². The quantitative estimate of drug-likeness (QED) is 0.262. The van der Waals surface area contributed by atoms with E-state index in [1.54, 1.807) is 24.3 Å². The third kappa shape index (κ3) is 8.40. The Morgan fingerprint density at radius 2 is 1.31 bits per heavy atom. The minimum absolute atomic E-state index is 0.249. The maximum atomic E-state index is 13.3. The molecule has 0 aliphatic heterocycles. The summed E-state index contributed by atoms with van der Waals surface area (Å²) in [6, 6.07) is 32.3. The summed E-state index contributed by atoms with van der Waals surface area (Å²) in [6.07, 6.45) is 1.34. The van der Waals surface area contributed by atoms with Gasteiger partial charge in [-0.05, 0) is 54.3 Å². The van der Waals surface area contributed by atoms with Crippen molar-refractivity contribution < 1.29 is 19.1 Å². The molecule has 0 fully saturated rings. The largest absolute Gasteiger partial charge is 0.489 e. The topological polar surface area (TPSA) is 84.5 Å². The van der Waals surface area contributed by atoms with Crippen molar-refractivity contribution in [1.29, 1.82) is 0 Å². The normalized spacial score (nSPS) is 12.1. The van der Waals surface area contributed by atoms with Crippen molar-refractivity contribution in [2.24, 2.45) is 0 Å². The van der Waals surface area contributed by atoms with E-state index < -0.39 is 18.0 Å². The van der Waals surface area contributed by atoms with Crippen molar-refractivity contribution in [3.63, 3.8) is 0 Å². The van der Waals surface area contributed by atoms with Crippen molar-refractivity contribution in [2.45, 2.75) is 38.5 Å². The lowest BCUT2D eigenvalue weighted by Gasteiger charge is -2.21. The molecule has 0 saturated heterocycles. The Hall–Kier alpha value is -4.71. The van der Waals surface area contributed by atoms with Crippen LogP contribution in [0.25, 0.3) is 0 Å². The molecular formula is C33H32N2O4. The number of benzene rings is 4. The van der Waals surface area contributed by atoms with E-state index in [0.29, 0.717) is 24.3 Å². The van der Waals surface area contributed by atoms with Crippen molar-refractivity contribution in [3.8, 4) is 5.75 Å². The van der Waals surface area contributed by atoms with Crippen LogP contribution in [0.2, 0.25) is 0 Å². The molecular weight excluding hydrogens is 488 g/mol. The van der Waals surface area contributed by atoms with Gasteiger partial charge in [0.15, 0.2) is 0 Å². The fourth-order valence-electron chi connectivity index (χ4n) is 4.13. The number of hydrogen-bond donors (Lipinski definition) is 2. The standard InChI is InChI=1S/C33H32N2O4/c1-24-12-14-25(15-13-24)20-29(22-36)34-33(38)31(35-32(37)28-10-6-3-7-11-28)21-26-16-18-30(19-17-26)39-23-27-8-4-2-5-9-27/h2-19,22,29,31H,20-21,23H2,1H3,(H,34,38)(H,35,37)/t29-,31-/m0/s1. The SMILES string of the molecule is Cc1ccc(C[C@@H](C=O)NC(=O)[C@H](Cc2ccc(OCc3ccccc3)cc2)NC(=O)c2ccccc2)cc1. The third-order valence-corrected chi connectivity index (χ3v) is 6.34. The van der Waals surface area contributed by atoms with Crippen molar-refractivity contribution >= 4 is 18.1 Å². The zero-order chi connectivity index (χ0) is 27.5. The van der Waals surface area contributed by atoms with Crippen LogP contribution in [0, 0.1) is 6.92 Å². The smallest absolute Gasteiger partial charge is 0.251 e. The number of carbonyl (C=O) groups excluding carboxylic acids is 3. The fraction of sp³-hybridized carbons (Fsp3) is 0.182. The minimum Gasteiger partial charge on any atom is -0.489 e. The first kappa shape index (κ1) is 27.3. The first-order chi connectivity index (χ1) is 19.0. The molecule has 6 heteroatoms. The number of aryl methyl sites for hydroxylation is 1. The van der Waals surface area contributed by atoms with Crippen LogP contribution >= 0.6 is 0 Å². The van der Waals surface area contributed by atoms with Crippen LogP contribution in [0.15, 0.2) is 109 Å². The Morgan fingerprint density at radius 1 is 0.718 bits per heavy atom. The number of ether oxygens (including phenoxy) is 1. The maximum absolute atomic E-state index is 13.3. The molecule has 39 heavy (non-hydrogen) atoms. The average Bonchev–Trinajstić information content (AvgIpc) is 2.98. The van der Waals surface area contributed by atoms with Crippen LogP contribution in [-0.2, 0) is 29.0 Å². The van der Waals surface area contributed by atoms with Gasteiger partial charge in [-0.2, -0.15) is 0 Å². The molecule has 0 radical (unpaired) electrons. The highest BCUT2D eigenvalue weighted by atomic mass is 16.5. The second-order valence-electron chi connectivity index (χ2n) is 9.46. The Balaban J connectivity index is 1.44. The van der Waals surface area contributed by atoms with Crippen molar-refractivity contribution in [1.82, 2.24) is 10.6 Å². The van der Waals surface area contributed by atoms with Gasteiger partial charge in [0.1, 0.15) is 24.7 Å². The maximum Gasteiger partial charge on any atom is 0.251 e. The van der Waals surface area contributed by atoms with Crippen LogP contribution in [-0.4, -0.2) is 30.2 Å². The summed E-state index contributed by atoms with van der Waals surface area (Å²) < 4.78 is 5.87. The number of carbonyl (C=O) groups is 3. The van der Waals surface area contributed by atoms with Crippen LogP contribution in [0.4, 0.5) is 0 Å². The molecule has 4 rings (SSSR count). The van der Waals surface area contributed by atoms with Gasteiger partial charge in [0.2, 0.25) is 5.91 Å². The summed E-state index contributed by atoms with van der Waals surface area (Å²) in [5.74, 6) is -0.0799. The molecule has 0 spiro atoms. The molecule has 2 amide bonds. The molecule has 0 aliphatic rings. The van der Waals surface area contributed by atoms with Gasteiger partial charge in [-0.25, -0.2) is 0 Å². The van der Waals surface area contributed by atoms with E-state index in [0.717, 1.165) is 28.5 Å². The second kappa shape index (κ2) is 13.7. The van der Waals surface area contributed by atoms with E-state index in [1.807, 2.05) is 91.9 Å². The summed E-state index contributed by atoms with van der Waals surface area (Å²) in [5.41, 5.74) is 4.42. The summed E-state index contributed by atoms with van der Waals surface area (Å²) in [4.78, 5) is 38.1. The second-order valence-corrected chi connectivity index (χ2v) is 9.46. The molecule has 0 bridgehead atoms. The fourth-order valence-corrected chi connectivity index (χ4v) is 4.13. The van der Waals surface area contributed by atoms with Crippen LogP contribution in [0.3, 0.4) is 0 Å². The molecule has 0 heterocycles. The van der Waals surface area contributed by atoms with E-state index in [2.05, 4.69) is 10.6 Å².